The van der Waals surface area contributed by atoms with Gasteiger partial charge in [-0.25, -0.2) is 0 Å². The number of rotatable bonds is 10. The molecular formula is C20H25NO4S. The van der Waals surface area contributed by atoms with Crippen molar-refractivity contribution in [2.24, 2.45) is 0 Å². The van der Waals surface area contributed by atoms with E-state index >= 15 is 0 Å². The van der Waals surface area contributed by atoms with Gasteiger partial charge < -0.3 is 14.8 Å². The van der Waals surface area contributed by atoms with Crippen LogP contribution in [-0.2, 0) is 4.79 Å². The summed E-state index contributed by atoms with van der Waals surface area (Å²) in [5, 5.41) is 2.77. The molecule has 1 amide bonds. The molecule has 6 heteroatoms. The van der Waals surface area contributed by atoms with E-state index in [1.54, 1.807) is 11.3 Å². The van der Waals surface area contributed by atoms with Crippen molar-refractivity contribution in [3.8, 4) is 11.5 Å². The molecule has 2 rings (SSSR count). The lowest BCUT2D eigenvalue weighted by Crippen LogP contribution is -2.28. The maximum atomic E-state index is 12.2. The van der Waals surface area contributed by atoms with Crippen LogP contribution < -0.4 is 14.8 Å². The molecular weight excluding hydrogens is 350 g/mol. The van der Waals surface area contributed by atoms with E-state index in [0.29, 0.717) is 19.8 Å². The molecule has 0 saturated heterocycles. The Labute approximate surface area is 158 Å². The summed E-state index contributed by atoms with van der Waals surface area (Å²) in [6.07, 6.45) is 0.415. The maximum Gasteiger partial charge on any atom is 0.220 e. The van der Waals surface area contributed by atoms with Crippen LogP contribution in [0.1, 0.15) is 39.9 Å². The second kappa shape index (κ2) is 9.97. The van der Waals surface area contributed by atoms with E-state index in [1.807, 2.05) is 51.1 Å². The van der Waals surface area contributed by atoms with Crippen molar-refractivity contribution in [2.45, 2.75) is 33.6 Å². The molecule has 0 radical (unpaired) electrons. The third-order valence-electron chi connectivity index (χ3n) is 3.75. The largest absolute Gasteiger partial charge is 0.494 e. The summed E-state index contributed by atoms with van der Waals surface area (Å²) in [5.74, 6) is 1.40. The number of nitrogens with one attached hydrogen (secondary N) is 1. The van der Waals surface area contributed by atoms with Crippen LogP contribution in [0.15, 0.2) is 30.3 Å². The zero-order chi connectivity index (χ0) is 18.9. The number of carbonyl (C=O) groups is 2. The molecule has 0 saturated carbocycles. The first-order valence-corrected chi connectivity index (χ1v) is 9.54. The molecule has 0 aliphatic carbocycles. The lowest BCUT2D eigenvalue weighted by Gasteiger charge is -2.09. The van der Waals surface area contributed by atoms with Gasteiger partial charge in [-0.1, -0.05) is 0 Å². The van der Waals surface area contributed by atoms with Crippen molar-refractivity contribution in [1.82, 2.24) is 5.32 Å². The first-order valence-electron chi connectivity index (χ1n) is 8.72. The predicted octanol–water partition coefficient (Wildman–Crippen LogP) is 3.92. The lowest BCUT2D eigenvalue weighted by molar-refractivity contribution is -0.121. The molecule has 1 heterocycles. The van der Waals surface area contributed by atoms with Crippen LogP contribution in [0.4, 0.5) is 0 Å². The smallest absolute Gasteiger partial charge is 0.220 e. The van der Waals surface area contributed by atoms with Gasteiger partial charge in [0.2, 0.25) is 5.91 Å². The van der Waals surface area contributed by atoms with E-state index in [0.717, 1.165) is 26.8 Å². The lowest BCUT2D eigenvalue weighted by atomic mass is 10.1. The topological polar surface area (TPSA) is 64.6 Å². The number of benzene rings is 1. The van der Waals surface area contributed by atoms with E-state index in [-0.39, 0.29) is 24.5 Å². The predicted molar refractivity (Wildman–Crippen MR) is 103 cm³/mol. The van der Waals surface area contributed by atoms with Crippen LogP contribution in [0.3, 0.4) is 0 Å². The van der Waals surface area contributed by atoms with E-state index in [2.05, 4.69) is 5.32 Å². The summed E-state index contributed by atoms with van der Waals surface area (Å²) in [7, 11) is 0. The highest BCUT2D eigenvalue weighted by atomic mass is 32.1. The van der Waals surface area contributed by atoms with Gasteiger partial charge in [-0.3, -0.25) is 9.59 Å². The first kappa shape index (κ1) is 20.0. The van der Waals surface area contributed by atoms with Gasteiger partial charge in [-0.05, 0) is 51.1 Å². The number of ether oxygens (including phenoxy) is 2. The molecule has 26 heavy (non-hydrogen) atoms. The van der Waals surface area contributed by atoms with Crippen LogP contribution in [0.5, 0.6) is 11.5 Å². The van der Waals surface area contributed by atoms with Crippen LogP contribution in [-0.4, -0.2) is 31.4 Å². The number of thiophene rings is 1. The van der Waals surface area contributed by atoms with Crippen molar-refractivity contribution in [3.63, 3.8) is 0 Å². The van der Waals surface area contributed by atoms with Gasteiger partial charge >= 0.3 is 0 Å². The molecule has 0 atom stereocenters. The van der Waals surface area contributed by atoms with Crippen LogP contribution >= 0.6 is 11.3 Å². The minimum Gasteiger partial charge on any atom is -0.494 e. The quantitative estimate of drug-likeness (QED) is 0.505. The molecule has 0 aliphatic heterocycles. The van der Waals surface area contributed by atoms with Crippen LogP contribution in [0.25, 0.3) is 0 Å². The first-order chi connectivity index (χ1) is 12.5. The number of aryl methyl sites for hydroxylation is 2. The summed E-state index contributed by atoms with van der Waals surface area (Å²) in [5.41, 5.74) is 0.735. The molecule has 0 aliphatic rings. The Morgan fingerprint density at radius 3 is 2.27 bits per heavy atom. The zero-order valence-electron chi connectivity index (χ0n) is 15.5. The number of ketones is 1. The standard InChI is InChI=1S/C20H25NO4S/c1-4-24-16-5-7-17(8-6-16)25-12-11-21-20(23)10-9-19(22)18-13-14(2)26-15(18)3/h5-8,13H,4,9-12H2,1-3H3,(H,21,23). The zero-order valence-corrected chi connectivity index (χ0v) is 16.3. The number of amides is 1. The number of hydrogen-bond acceptors (Lipinski definition) is 5. The van der Waals surface area contributed by atoms with Gasteiger partial charge in [-0.2, -0.15) is 0 Å². The minimum absolute atomic E-state index is 0.0210. The van der Waals surface area contributed by atoms with Gasteiger partial charge in [0.1, 0.15) is 18.1 Å². The van der Waals surface area contributed by atoms with Crippen molar-refractivity contribution >= 4 is 23.0 Å². The fraction of sp³-hybridized carbons (Fsp3) is 0.400. The Balaban J connectivity index is 1.64. The summed E-state index contributed by atoms with van der Waals surface area (Å²) in [6, 6.07) is 9.24. The van der Waals surface area contributed by atoms with E-state index in [1.165, 1.54) is 0 Å². The van der Waals surface area contributed by atoms with Gasteiger partial charge in [-0.15, -0.1) is 11.3 Å². The monoisotopic (exact) mass is 375 g/mol. The highest BCUT2D eigenvalue weighted by molar-refractivity contribution is 7.12. The van der Waals surface area contributed by atoms with Crippen molar-refractivity contribution in [1.29, 1.82) is 0 Å². The van der Waals surface area contributed by atoms with Crippen LogP contribution in [0.2, 0.25) is 0 Å². The van der Waals surface area contributed by atoms with E-state index in [9.17, 15) is 9.59 Å². The number of carbonyl (C=O) groups excluding carboxylic acids is 2. The Morgan fingerprint density at radius 2 is 1.69 bits per heavy atom. The Morgan fingerprint density at radius 1 is 1.04 bits per heavy atom. The molecule has 140 valence electrons. The summed E-state index contributed by atoms with van der Waals surface area (Å²) >= 11 is 1.60. The maximum absolute atomic E-state index is 12.2. The summed E-state index contributed by atoms with van der Waals surface area (Å²) in [6.45, 7) is 7.24. The molecule has 2 aromatic rings. The average Bonchev–Trinajstić information content (AvgIpc) is 2.96. The molecule has 0 spiro atoms. The highest BCUT2D eigenvalue weighted by Gasteiger charge is 2.13. The second-order valence-electron chi connectivity index (χ2n) is 5.85. The summed E-state index contributed by atoms with van der Waals surface area (Å²) < 4.78 is 10.9. The van der Waals surface area contributed by atoms with Gasteiger partial charge in [0.25, 0.3) is 0 Å². The molecule has 0 bridgehead atoms. The molecule has 1 aromatic heterocycles. The molecule has 0 unspecified atom stereocenters. The van der Waals surface area contributed by atoms with E-state index in [4.69, 9.17) is 9.47 Å². The van der Waals surface area contributed by atoms with Crippen molar-refractivity contribution < 1.29 is 19.1 Å². The fourth-order valence-corrected chi connectivity index (χ4v) is 3.46. The molecule has 0 fully saturated rings. The summed E-state index contributed by atoms with van der Waals surface area (Å²) in [4.78, 5) is 26.2. The van der Waals surface area contributed by atoms with Gasteiger partial charge in [0.05, 0.1) is 13.2 Å². The third kappa shape index (κ3) is 6.19. The molecule has 1 aromatic carbocycles. The number of hydrogen-bond donors (Lipinski definition) is 1. The highest BCUT2D eigenvalue weighted by Crippen LogP contribution is 2.22. The second-order valence-corrected chi connectivity index (χ2v) is 7.31. The minimum atomic E-state index is -0.141. The van der Waals surface area contributed by atoms with Crippen LogP contribution in [0, 0.1) is 13.8 Å². The Kier molecular flexibility index (Phi) is 7.66. The van der Waals surface area contributed by atoms with Crippen molar-refractivity contribution in [3.05, 3.63) is 45.6 Å². The fourth-order valence-electron chi connectivity index (χ4n) is 2.52. The molecule has 1 N–H and O–H groups in total. The SMILES string of the molecule is CCOc1ccc(OCCNC(=O)CCC(=O)c2cc(C)sc2C)cc1. The molecule has 5 nitrogen and oxygen atoms in total. The van der Waals surface area contributed by atoms with Gasteiger partial charge in [0.15, 0.2) is 5.78 Å². The Hall–Kier alpha value is -2.34. The normalized spacial score (nSPS) is 10.4. The van der Waals surface area contributed by atoms with Gasteiger partial charge in [0, 0.05) is 28.2 Å². The van der Waals surface area contributed by atoms with E-state index < -0.39 is 0 Å². The Bertz CT molecular complexity index is 737. The third-order valence-corrected chi connectivity index (χ3v) is 4.71. The number of Topliss-reactive ketones (excluding diaryl/α,β-unsaturated/α-hetero) is 1. The average molecular weight is 375 g/mol. The van der Waals surface area contributed by atoms with Crippen molar-refractivity contribution in [2.75, 3.05) is 19.8 Å².